The minimum absolute atomic E-state index is 0.262. The molecule has 3 aromatic rings. The summed E-state index contributed by atoms with van der Waals surface area (Å²) in [5.74, 6) is 0.233. The smallest absolute Gasteiger partial charge is 0.333 e. The second-order valence-corrected chi connectivity index (χ2v) is 8.92. The maximum atomic E-state index is 13.0. The fourth-order valence-corrected chi connectivity index (χ4v) is 4.37. The van der Waals surface area contributed by atoms with Crippen LogP contribution < -0.4 is 10.1 Å². The van der Waals surface area contributed by atoms with Crippen molar-refractivity contribution in [2.75, 3.05) is 25.1 Å². The van der Waals surface area contributed by atoms with Crippen LogP contribution in [0.1, 0.15) is 42.1 Å². The number of nitrogens with zero attached hydrogens (tertiary/aromatic N) is 1. The predicted octanol–water partition coefficient (Wildman–Crippen LogP) is 6.04. The summed E-state index contributed by atoms with van der Waals surface area (Å²) in [6.07, 6.45) is 0.815. The maximum Gasteiger partial charge on any atom is 0.333 e. The van der Waals surface area contributed by atoms with Crippen molar-refractivity contribution in [2.24, 2.45) is 0 Å². The van der Waals surface area contributed by atoms with Crippen LogP contribution in [0.2, 0.25) is 0 Å². The number of nitriles is 1. The first-order valence-corrected chi connectivity index (χ1v) is 12.6. The number of esters is 1. The Morgan fingerprint density at radius 1 is 1.03 bits per heavy atom. The Morgan fingerprint density at radius 2 is 1.77 bits per heavy atom. The molecule has 182 valence electrons. The third-order valence-corrected chi connectivity index (χ3v) is 6.09. The Hall–Kier alpha value is -3.09. The molecule has 35 heavy (non-hydrogen) atoms. The van der Waals surface area contributed by atoms with Crippen molar-refractivity contribution in [3.63, 3.8) is 0 Å². The lowest BCUT2D eigenvalue weighted by Gasteiger charge is -2.23. The summed E-state index contributed by atoms with van der Waals surface area (Å²) in [5.41, 5.74) is 4.15. The summed E-state index contributed by atoms with van der Waals surface area (Å²) in [6.45, 7) is 5.37. The van der Waals surface area contributed by atoms with Crippen LogP contribution in [0.4, 0.5) is 5.69 Å². The monoisotopic (exact) mass is 584 g/mol. The molecule has 6 nitrogen and oxygen atoms in total. The largest absolute Gasteiger partial charge is 0.490 e. The van der Waals surface area contributed by atoms with Gasteiger partial charge in [-0.15, -0.1) is 0 Å². The van der Waals surface area contributed by atoms with Crippen LogP contribution in [0.5, 0.6) is 5.75 Å². The van der Waals surface area contributed by atoms with Crippen LogP contribution >= 0.6 is 22.6 Å². The number of nitrogens with one attached hydrogen (secondary N) is 1. The molecule has 0 saturated heterocycles. The van der Waals surface area contributed by atoms with Crippen molar-refractivity contribution in [1.29, 1.82) is 5.26 Å². The summed E-state index contributed by atoms with van der Waals surface area (Å²) in [4.78, 5) is 13.0. The number of hydrogen-bond donors (Lipinski definition) is 1. The van der Waals surface area contributed by atoms with Crippen molar-refractivity contribution in [2.45, 2.75) is 32.9 Å². The highest BCUT2D eigenvalue weighted by atomic mass is 127. The molecule has 0 aliphatic heterocycles. The third kappa shape index (κ3) is 7.70. The van der Waals surface area contributed by atoms with Gasteiger partial charge in [-0.05, 0) is 83.5 Å². The number of carbonyl (C=O) groups is 1. The highest BCUT2D eigenvalue weighted by Crippen LogP contribution is 2.35. The maximum absolute atomic E-state index is 13.0. The van der Waals surface area contributed by atoms with E-state index in [1.807, 2.05) is 36.4 Å². The van der Waals surface area contributed by atoms with Gasteiger partial charge in [-0.3, -0.25) is 0 Å². The summed E-state index contributed by atoms with van der Waals surface area (Å²) in [5, 5.41) is 12.4. The number of carbonyl (C=O) groups excluding carboxylic acids is 1. The zero-order valence-electron chi connectivity index (χ0n) is 19.9. The summed E-state index contributed by atoms with van der Waals surface area (Å²) in [7, 11) is 0. The Balaban J connectivity index is 1.82. The van der Waals surface area contributed by atoms with Gasteiger partial charge in [-0.25, -0.2) is 4.79 Å². The summed E-state index contributed by atoms with van der Waals surface area (Å²) in [6, 6.07) is 22.3. The van der Waals surface area contributed by atoms with Gasteiger partial charge >= 0.3 is 5.97 Å². The van der Waals surface area contributed by atoms with E-state index in [1.165, 1.54) is 0 Å². The Labute approximate surface area is 220 Å². The number of halogens is 1. The van der Waals surface area contributed by atoms with Gasteiger partial charge in [-0.1, -0.05) is 37.3 Å². The van der Waals surface area contributed by atoms with E-state index in [1.54, 1.807) is 31.2 Å². The number of benzene rings is 3. The number of ether oxygens (including phenoxy) is 3. The molecule has 1 N–H and O–H groups in total. The van der Waals surface area contributed by atoms with Gasteiger partial charge in [0.05, 0.1) is 35.0 Å². The van der Waals surface area contributed by atoms with E-state index in [4.69, 9.17) is 19.5 Å². The number of hydrogen-bond acceptors (Lipinski definition) is 6. The number of rotatable bonds is 12. The van der Waals surface area contributed by atoms with E-state index >= 15 is 0 Å². The molecule has 0 saturated carbocycles. The Morgan fingerprint density at radius 3 is 2.43 bits per heavy atom. The van der Waals surface area contributed by atoms with Crippen molar-refractivity contribution >= 4 is 34.2 Å². The highest BCUT2D eigenvalue weighted by molar-refractivity contribution is 14.1. The topological polar surface area (TPSA) is 80.6 Å². The van der Waals surface area contributed by atoms with E-state index in [0.29, 0.717) is 42.4 Å². The van der Waals surface area contributed by atoms with Crippen molar-refractivity contribution in [1.82, 2.24) is 0 Å². The normalized spacial score (nSPS) is 11.4. The minimum Gasteiger partial charge on any atom is -0.490 e. The fourth-order valence-electron chi connectivity index (χ4n) is 3.51. The number of anilines is 1. The fraction of sp³-hybridized carbons (Fsp3) is 0.286. The van der Waals surface area contributed by atoms with E-state index in [2.05, 4.69) is 47.0 Å². The Kier molecular flexibility index (Phi) is 10.4. The van der Waals surface area contributed by atoms with Crippen LogP contribution in [0, 0.1) is 14.9 Å². The second kappa shape index (κ2) is 13.7. The van der Waals surface area contributed by atoms with Crippen LogP contribution in [-0.4, -0.2) is 25.8 Å². The van der Waals surface area contributed by atoms with Gasteiger partial charge < -0.3 is 19.5 Å². The first-order valence-electron chi connectivity index (χ1n) is 11.6. The Bertz CT molecular complexity index is 1140. The van der Waals surface area contributed by atoms with Crippen LogP contribution in [0.15, 0.2) is 66.7 Å². The van der Waals surface area contributed by atoms with Crippen LogP contribution in [0.3, 0.4) is 0 Å². The summed E-state index contributed by atoms with van der Waals surface area (Å²) < 4.78 is 18.2. The zero-order valence-corrected chi connectivity index (χ0v) is 22.1. The molecule has 3 aromatic carbocycles. The van der Waals surface area contributed by atoms with Gasteiger partial charge in [0.25, 0.3) is 0 Å². The summed E-state index contributed by atoms with van der Waals surface area (Å²) >= 11 is 2.24. The van der Waals surface area contributed by atoms with Gasteiger partial charge in [0, 0.05) is 11.3 Å². The molecule has 0 fully saturated rings. The quantitative estimate of drug-likeness (QED) is 0.159. The third-order valence-electron chi connectivity index (χ3n) is 5.28. The van der Waals surface area contributed by atoms with Gasteiger partial charge in [0.15, 0.2) is 6.04 Å². The van der Waals surface area contributed by atoms with Gasteiger partial charge in [-0.2, -0.15) is 5.26 Å². The molecule has 0 aliphatic rings. The molecule has 0 amide bonds. The molecular formula is C28H29IN2O4. The van der Waals surface area contributed by atoms with E-state index in [0.717, 1.165) is 21.1 Å². The van der Waals surface area contributed by atoms with Crippen LogP contribution in [-0.2, 0) is 27.3 Å². The van der Waals surface area contributed by atoms with Crippen molar-refractivity contribution in [3.05, 3.63) is 92.6 Å². The molecule has 0 aliphatic carbocycles. The predicted molar refractivity (Wildman–Crippen MR) is 144 cm³/mol. The molecule has 0 spiro atoms. The van der Waals surface area contributed by atoms with Gasteiger partial charge in [0.1, 0.15) is 12.4 Å². The SMILES string of the molecule is CCOC(=O)C(Nc1ccc(C#N)cc1)c1cc(CC)cc(I)c1OCCOCc1ccccc1. The second-order valence-electron chi connectivity index (χ2n) is 7.75. The molecular weight excluding hydrogens is 555 g/mol. The first kappa shape index (κ1) is 26.5. The molecule has 1 atom stereocenters. The lowest BCUT2D eigenvalue weighted by molar-refractivity contribution is -0.144. The van der Waals surface area contributed by atoms with E-state index in [-0.39, 0.29) is 6.61 Å². The lowest BCUT2D eigenvalue weighted by atomic mass is 10.0. The standard InChI is InChI=1S/C28H29IN2O4/c1-3-20-16-24(26(28(32)34-4-2)31-23-12-10-21(18-30)11-13-23)27(25(29)17-20)35-15-14-33-19-22-8-6-5-7-9-22/h5-13,16-17,26,31H,3-4,14-15,19H2,1-2H3. The lowest BCUT2D eigenvalue weighted by Crippen LogP contribution is -2.25. The zero-order chi connectivity index (χ0) is 25.0. The molecule has 3 rings (SSSR count). The molecule has 0 heterocycles. The van der Waals surface area contributed by atoms with E-state index in [9.17, 15) is 4.79 Å². The highest BCUT2D eigenvalue weighted by Gasteiger charge is 2.27. The van der Waals surface area contributed by atoms with Gasteiger partial charge in [0.2, 0.25) is 0 Å². The molecule has 0 radical (unpaired) electrons. The number of aryl methyl sites for hydroxylation is 1. The molecule has 0 aromatic heterocycles. The minimum atomic E-state index is -0.775. The molecule has 1 unspecified atom stereocenters. The van der Waals surface area contributed by atoms with Crippen LogP contribution in [0.25, 0.3) is 0 Å². The molecule has 7 heteroatoms. The average Bonchev–Trinajstić information content (AvgIpc) is 2.88. The average molecular weight is 584 g/mol. The first-order chi connectivity index (χ1) is 17.0. The molecule has 0 bridgehead atoms. The van der Waals surface area contributed by atoms with Crippen molar-refractivity contribution < 1.29 is 19.0 Å². The van der Waals surface area contributed by atoms with E-state index < -0.39 is 12.0 Å². The van der Waals surface area contributed by atoms with Crippen molar-refractivity contribution in [3.8, 4) is 11.8 Å².